The van der Waals surface area contributed by atoms with Gasteiger partial charge >= 0.3 is 0 Å². The first kappa shape index (κ1) is 23.5. The highest BCUT2D eigenvalue weighted by Gasteiger charge is 2.47. The summed E-state index contributed by atoms with van der Waals surface area (Å²) in [6.07, 6.45) is 0.728. The van der Waals surface area contributed by atoms with Crippen LogP contribution in [0.5, 0.6) is 11.5 Å². The average Bonchev–Trinajstić information content (AvgIpc) is 3.46. The fraction of sp³-hybridized carbons (Fsp3) is 0.241. The van der Waals surface area contributed by atoms with Crippen molar-refractivity contribution in [2.45, 2.75) is 19.4 Å². The maximum Gasteiger partial charge on any atom is 0.300 e. The molecule has 1 N–H and O–H groups in total. The van der Waals surface area contributed by atoms with Gasteiger partial charge in [-0.05, 0) is 72.6 Å². The summed E-state index contributed by atoms with van der Waals surface area (Å²) >= 11 is 0. The number of nitrogens with zero attached hydrogens (tertiary/aromatic N) is 2. The van der Waals surface area contributed by atoms with E-state index in [-0.39, 0.29) is 11.3 Å². The van der Waals surface area contributed by atoms with Crippen LogP contribution in [-0.4, -0.2) is 44.1 Å². The monoisotopic (exact) mass is 484 g/mol. The molecule has 0 aliphatic carbocycles. The van der Waals surface area contributed by atoms with Crippen LogP contribution in [0, 0.1) is 0 Å². The first-order valence-corrected chi connectivity index (χ1v) is 12.0. The highest BCUT2D eigenvalue weighted by atomic mass is 16.5. The third kappa shape index (κ3) is 4.06. The van der Waals surface area contributed by atoms with Crippen molar-refractivity contribution in [1.82, 2.24) is 0 Å². The topological polar surface area (TPSA) is 79.3 Å². The van der Waals surface area contributed by atoms with E-state index in [1.54, 1.807) is 24.3 Å². The number of hydrogen-bond donors (Lipinski definition) is 1. The number of hydrogen-bond acceptors (Lipinski definition) is 6. The Bertz CT molecular complexity index is 1340. The van der Waals surface area contributed by atoms with E-state index in [4.69, 9.17) is 9.47 Å². The number of amides is 1. The van der Waals surface area contributed by atoms with Crippen LogP contribution in [0.2, 0.25) is 0 Å². The molecule has 1 saturated heterocycles. The first-order valence-electron chi connectivity index (χ1n) is 12.0. The lowest BCUT2D eigenvalue weighted by Crippen LogP contribution is -2.29. The minimum Gasteiger partial charge on any atom is -0.507 e. The molecule has 2 aliphatic rings. The highest BCUT2D eigenvalue weighted by molar-refractivity contribution is 6.51. The summed E-state index contributed by atoms with van der Waals surface area (Å²) in [5.74, 6) is -0.144. The molecule has 0 bridgehead atoms. The molecule has 1 fully saturated rings. The predicted molar refractivity (Wildman–Crippen MR) is 139 cm³/mol. The molecule has 1 atom stereocenters. The van der Waals surface area contributed by atoms with Gasteiger partial charge in [0.1, 0.15) is 17.3 Å². The molecule has 3 aromatic carbocycles. The van der Waals surface area contributed by atoms with Crippen LogP contribution >= 0.6 is 0 Å². The molecular weight excluding hydrogens is 456 g/mol. The quantitative estimate of drug-likeness (QED) is 0.310. The van der Waals surface area contributed by atoms with Gasteiger partial charge < -0.3 is 19.5 Å². The van der Waals surface area contributed by atoms with Crippen molar-refractivity contribution in [3.05, 3.63) is 89.0 Å². The van der Waals surface area contributed by atoms with Crippen molar-refractivity contribution in [3.8, 4) is 11.5 Å². The third-order valence-electron chi connectivity index (χ3n) is 6.56. The Hall–Kier alpha value is -4.26. The van der Waals surface area contributed by atoms with E-state index in [9.17, 15) is 14.7 Å². The molecule has 2 aliphatic heterocycles. The normalized spacial score (nSPS) is 18.2. The fourth-order valence-corrected chi connectivity index (χ4v) is 4.73. The molecule has 7 heteroatoms. The lowest BCUT2D eigenvalue weighted by Gasteiger charge is -2.26. The van der Waals surface area contributed by atoms with E-state index in [1.165, 1.54) is 4.90 Å². The molecule has 1 amide bonds. The lowest BCUT2D eigenvalue weighted by atomic mass is 9.94. The molecule has 0 saturated carbocycles. The number of ketones is 1. The van der Waals surface area contributed by atoms with Crippen molar-refractivity contribution >= 4 is 28.8 Å². The number of fused-ring (bicyclic) bond motifs is 1. The molecule has 7 nitrogen and oxygen atoms in total. The second-order valence-electron chi connectivity index (χ2n) is 9.00. The van der Waals surface area contributed by atoms with Crippen molar-refractivity contribution in [1.29, 1.82) is 0 Å². The number of carbonyl (C=O) groups excluding carboxylic acids is 2. The Morgan fingerprint density at radius 3 is 2.44 bits per heavy atom. The summed E-state index contributed by atoms with van der Waals surface area (Å²) in [6, 6.07) is 19.2. The molecule has 5 rings (SSSR count). The average molecular weight is 485 g/mol. The fourth-order valence-electron chi connectivity index (χ4n) is 4.73. The van der Waals surface area contributed by atoms with Crippen LogP contribution in [0.4, 0.5) is 11.4 Å². The SMILES string of the molecule is CCOc1ccc(C2/C(=C(/O)c3ccc4c(c3)CCO4)C(=O)C(=O)N2c2ccc(N(C)C)cc2)cc1. The summed E-state index contributed by atoms with van der Waals surface area (Å²) in [5.41, 5.74) is 3.73. The van der Waals surface area contributed by atoms with Gasteiger partial charge in [-0.1, -0.05) is 12.1 Å². The zero-order chi connectivity index (χ0) is 25.4. The van der Waals surface area contributed by atoms with Gasteiger partial charge in [0, 0.05) is 37.5 Å². The highest BCUT2D eigenvalue weighted by Crippen LogP contribution is 2.43. The van der Waals surface area contributed by atoms with Gasteiger partial charge in [0.2, 0.25) is 0 Å². The van der Waals surface area contributed by atoms with Gasteiger partial charge in [-0.2, -0.15) is 0 Å². The van der Waals surface area contributed by atoms with Crippen LogP contribution < -0.4 is 19.3 Å². The summed E-state index contributed by atoms with van der Waals surface area (Å²) < 4.78 is 11.2. The van der Waals surface area contributed by atoms with Crippen molar-refractivity contribution in [3.63, 3.8) is 0 Å². The standard InChI is InChI=1S/C29H28N2O5/c1-4-35-23-12-5-18(6-13-23)26-25(27(32)20-7-14-24-19(17-20)15-16-36-24)28(33)29(34)31(26)22-10-8-21(9-11-22)30(2)3/h5-14,17,26,32H,4,15-16H2,1-3H3/b27-25-. The van der Waals surface area contributed by atoms with E-state index >= 15 is 0 Å². The second-order valence-corrected chi connectivity index (χ2v) is 9.00. The van der Waals surface area contributed by atoms with Gasteiger partial charge in [-0.15, -0.1) is 0 Å². The molecule has 2 heterocycles. The summed E-state index contributed by atoms with van der Waals surface area (Å²) in [4.78, 5) is 30.2. The van der Waals surface area contributed by atoms with Crippen LogP contribution in [0.15, 0.2) is 72.3 Å². The Morgan fingerprint density at radius 2 is 1.78 bits per heavy atom. The molecular formula is C29H28N2O5. The first-order chi connectivity index (χ1) is 17.4. The Morgan fingerprint density at radius 1 is 1.06 bits per heavy atom. The zero-order valence-electron chi connectivity index (χ0n) is 20.5. The molecule has 3 aromatic rings. The van der Waals surface area contributed by atoms with E-state index in [1.807, 2.05) is 68.4 Å². The Kier molecular flexibility index (Phi) is 6.14. The number of anilines is 2. The van der Waals surface area contributed by atoms with Gasteiger partial charge in [0.25, 0.3) is 11.7 Å². The number of Topliss-reactive ketones (excluding diaryl/α,β-unsaturated/α-hetero) is 1. The van der Waals surface area contributed by atoms with E-state index in [2.05, 4.69) is 0 Å². The van der Waals surface area contributed by atoms with E-state index in [0.29, 0.717) is 35.8 Å². The number of rotatable bonds is 6. The zero-order valence-corrected chi connectivity index (χ0v) is 20.5. The molecule has 1 unspecified atom stereocenters. The maximum atomic E-state index is 13.4. The maximum absolute atomic E-state index is 13.4. The van der Waals surface area contributed by atoms with E-state index in [0.717, 1.165) is 23.4 Å². The van der Waals surface area contributed by atoms with Gasteiger partial charge in [-0.25, -0.2) is 0 Å². The van der Waals surface area contributed by atoms with Crippen LogP contribution in [0.3, 0.4) is 0 Å². The van der Waals surface area contributed by atoms with Gasteiger partial charge in [-0.3, -0.25) is 14.5 Å². The Balaban J connectivity index is 1.65. The summed E-state index contributed by atoms with van der Waals surface area (Å²) in [6.45, 7) is 3.01. The predicted octanol–water partition coefficient (Wildman–Crippen LogP) is 4.71. The van der Waals surface area contributed by atoms with Crippen LogP contribution in [0.1, 0.15) is 29.7 Å². The summed E-state index contributed by atoms with van der Waals surface area (Å²) in [5, 5.41) is 11.4. The van der Waals surface area contributed by atoms with Crippen molar-refractivity contribution < 1.29 is 24.2 Å². The van der Waals surface area contributed by atoms with Gasteiger partial charge in [0.15, 0.2) is 0 Å². The molecule has 0 spiro atoms. The third-order valence-corrected chi connectivity index (χ3v) is 6.56. The van der Waals surface area contributed by atoms with Crippen LogP contribution in [-0.2, 0) is 16.0 Å². The Labute approximate surface area is 210 Å². The molecule has 0 radical (unpaired) electrons. The van der Waals surface area contributed by atoms with Crippen LogP contribution in [0.25, 0.3) is 5.76 Å². The number of carbonyl (C=O) groups is 2. The minimum absolute atomic E-state index is 0.0553. The number of aliphatic hydroxyl groups excluding tert-OH is 1. The molecule has 0 aromatic heterocycles. The number of aliphatic hydroxyl groups is 1. The smallest absolute Gasteiger partial charge is 0.300 e. The minimum atomic E-state index is -0.796. The van der Waals surface area contributed by atoms with Crippen molar-refractivity contribution in [2.75, 3.05) is 37.1 Å². The second kappa shape index (κ2) is 9.41. The number of ether oxygens (including phenoxy) is 2. The molecule has 184 valence electrons. The lowest BCUT2D eigenvalue weighted by molar-refractivity contribution is -0.132. The van der Waals surface area contributed by atoms with Gasteiger partial charge in [0.05, 0.1) is 24.8 Å². The molecule has 36 heavy (non-hydrogen) atoms. The number of benzene rings is 3. The largest absolute Gasteiger partial charge is 0.507 e. The summed E-state index contributed by atoms with van der Waals surface area (Å²) in [7, 11) is 3.87. The van der Waals surface area contributed by atoms with Crippen molar-refractivity contribution in [2.24, 2.45) is 0 Å². The van der Waals surface area contributed by atoms with E-state index < -0.39 is 17.7 Å².